The number of nitrogens with zero attached hydrogens (tertiary/aromatic N) is 6. The first-order valence-electron chi connectivity index (χ1n) is 20.4. The van der Waals surface area contributed by atoms with Crippen molar-refractivity contribution in [2.24, 2.45) is 13.0 Å². The van der Waals surface area contributed by atoms with Gasteiger partial charge in [0.25, 0.3) is 5.56 Å². The number of nitriles is 1. The van der Waals surface area contributed by atoms with Crippen LogP contribution in [-0.2, 0) is 59.2 Å². The molecule has 0 spiro atoms. The number of hydrogen-bond donors (Lipinski definition) is 1. The van der Waals surface area contributed by atoms with Gasteiger partial charge in [-0.3, -0.25) is 9.32 Å². The Morgan fingerprint density at radius 1 is 1.10 bits per heavy atom. The van der Waals surface area contributed by atoms with Crippen molar-refractivity contribution in [3.05, 3.63) is 47.3 Å². The number of hydrogen-bond acceptors (Lipinski definition) is 16. The van der Waals surface area contributed by atoms with Crippen LogP contribution in [0.1, 0.15) is 80.9 Å². The van der Waals surface area contributed by atoms with Gasteiger partial charge >= 0.3 is 32.1 Å². The van der Waals surface area contributed by atoms with E-state index in [4.69, 9.17) is 52.3 Å². The molecule has 5 heterocycles. The van der Waals surface area contributed by atoms with Gasteiger partial charge in [-0.25, -0.2) is 19.3 Å². The summed E-state index contributed by atoms with van der Waals surface area (Å²) in [4.78, 5) is 35.5. The summed E-state index contributed by atoms with van der Waals surface area (Å²) < 4.78 is 90.1. The predicted octanol–water partition coefficient (Wildman–Crippen LogP) is 6.97. The van der Waals surface area contributed by atoms with E-state index in [2.05, 4.69) is 70.3 Å². The summed E-state index contributed by atoms with van der Waals surface area (Å²) in [5, 5.41) is 9.25. The highest BCUT2D eigenvalue weighted by Gasteiger charge is 2.63. The Hall–Kier alpha value is -2.46. The third kappa shape index (κ3) is 10.1. The van der Waals surface area contributed by atoms with Crippen LogP contribution in [-0.4, -0.2) is 96.4 Å². The largest absolute Gasteiger partial charge is 0.695 e. The fourth-order valence-electron chi connectivity index (χ4n) is 8.55. The van der Waals surface area contributed by atoms with Gasteiger partial charge in [0.05, 0.1) is 38.6 Å². The SMILES string of the molecule is CC(C)[Si]1(C(C)C)OC[C@H]2O[C@@H](n3cc(F)c4c(=O)n(C)cnc43)[C@H](O[P@](=S)(OCCC#N)OC[C@H]3C[C@@H](Oc4ccncn4)C[C@@H]3O[P+](=O)O)[C@@H]2O[Si](C(C)C)(C(C)C)O1. The zero-order chi connectivity index (χ0) is 44.4. The van der Waals surface area contributed by atoms with Crippen LogP contribution in [0.4, 0.5) is 4.39 Å². The average molecular weight is 946 g/mol. The van der Waals surface area contributed by atoms with E-state index < -0.39 is 86.1 Å². The molecule has 61 heavy (non-hydrogen) atoms. The minimum atomic E-state index is -3.94. The molecule has 0 radical (unpaired) electrons. The number of halogens is 1. The minimum Gasteiger partial charge on any atom is -0.474 e. The molecule has 1 unspecified atom stereocenters. The van der Waals surface area contributed by atoms with Crippen LogP contribution < -0.4 is 10.3 Å². The van der Waals surface area contributed by atoms with E-state index in [1.165, 1.54) is 35.0 Å². The van der Waals surface area contributed by atoms with Crippen molar-refractivity contribution in [3.8, 4) is 11.9 Å². The van der Waals surface area contributed by atoms with E-state index in [0.717, 1.165) is 6.20 Å². The van der Waals surface area contributed by atoms with Gasteiger partial charge < -0.3 is 40.6 Å². The van der Waals surface area contributed by atoms with Crippen LogP contribution in [0.5, 0.6) is 5.88 Å². The summed E-state index contributed by atoms with van der Waals surface area (Å²) >= 11 is 6.14. The van der Waals surface area contributed by atoms with E-state index >= 15 is 4.39 Å². The number of rotatable bonds is 17. The van der Waals surface area contributed by atoms with E-state index in [9.17, 15) is 19.5 Å². The fraction of sp³-hybridized carbons (Fsp3) is 0.703. The number of aromatic nitrogens is 5. The average Bonchev–Trinajstić information content (AvgIpc) is 3.83. The second-order valence-corrected chi connectivity index (χ2v) is 29.3. The van der Waals surface area contributed by atoms with Gasteiger partial charge in [0, 0.05) is 42.4 Å². The zero-order valence-electron chi connectivity index (χ0n) is 35.8. The van der Waals surface area contributed by atoms with Gasteiger partial charge in [-0.15, -0.1) is 9.42 Å². The summed E-state index contributed by atoms with van der Waals surface area (Å²) in [5.74, 6) is -1.02. The van der Waals surface area contributed by atoms with Crippen LogP contribution in [0.3, 0.4) is 0 Å². The number of ether oxygens (including phenoxy) is 2. The lowest BCUT2D eigenvalue weighted by Crippen LogP contribution is -2.65. The van der Waals surface area contributed by atoms with E-state index in [1.807, 2.05) is 6.07 Å². The minimum absolute atomic E-state index is 0.00774. The molecule has 2 aliphatic heterocycles. The first kappa shape index (κ1) is 48.0. The Balaban J connectivity index is 1.42. The van der Waals surface area contributed by atoms with Gasteiger partial charge in [0.15, 0.2) is 17.7 Å². The van der Waals surface area contributed by atoms with Crippen molar-refractivity contribution in [2.75, 3.05) is 19.8 Å². The van der Waals surface area contributed by atoms with E-state index in [1.54, 1.807) is 6.07 Å². The molecule has 1 saturated carbocycles. The van der Waals surface area contributed by atoms with E-state index in [-0.39, 0.29) is 65.9 Å². The molecular formula is C37H56FN6O12P2SSi2+. The van der Waals surface area contributed by atoms with E-state index in [0.29, 0.717) is 12.3 Å². The Morgan fingerprint density at radius 3 is 2.43 bits per heavy atom. The fourth-order valence-corrected chi connectivity index (χ4v) is 22.4. The standard InChI is InChI=1S/C37H55FN6O12P2SSi2/c1-22(2)60(23(3)4)50-19-30-33(55-61(56-60,24(5)6)25(7)8)34(37(52-30)44-17-28(38)32-35(44)42-21-43(9)36(32)45)54-58(59,48-14-10-12-39)49-18-26-15-27(16-29(26)53-57(46)47)51-31-11-13-40-20-41-31/h11,13,17,20-27,29-30,33-34,37H,10,14-16,18-19H2,1-9H3/p+1/t26-,27-,29+,30-,33-,34-,37-,58+/m1/s1. The van der Waals surface area contributed by atoms with Crippen molar-refractivity contribution < 1.29 is 54.4 Å². The highest BCUT2D eigenvalue weighted by Crippen LogP contribution is 2.57. The molecule has 2 saturated heterocycles. The Morgan fingerprint density at radius 2 is 1.80 bits per heavy atom. The molecule has 0 aromatic carbocycles. The van der Waals surface area contributed by atoms with Crippen molar-refractivity contribution in [2.45, 2.75) is 134 Å². The zero-order valence-corrected chi connectivity index (χ0v) is 40.4. The van der Waals surface area contributed by atoms with Gasteiger partial charge in [-0.1, -0.05) is 55.4 Å². The van der Waals surface area contributed by atoms with Crippen LogP contribution in [0.2, 0.25) is 22.2 Å². The smallest absolute Gasteiger partial charge is 0.474 e. The van der Waals surface area contributed by atoms with Crippen molar-refractivity contribution >= 4 is 54.9 Å². The second-order valence-electron chi connectivity index (χ2n) is 16.8. The molecule has 18 nitrogen and oxygen atoms in total. The lowest BCUT2D eigenvalue weighted by molar-refractivity contribution is -0.0568. The monoisotopic (exact) mass is 945 g/mol. The summed E-state index contributed by atoms with van der Waals surface area (Å²) in [5.41, 5.74) is -0.691. The van der Waals surface area contributed by atoms with Gasteiger partial charge in [0.2, 0.25) is 5.88 Å². The van der Waals surface area contributed by atoms with Crippen LogP contribution >= 0.6 is 15.0 Å². The summed E-state index contributed by atoms with van der Waals surface area (Å²) in [7, 11) is -7.87. The van der Waals surface area contributed by atoms with Gasteiger partial charge in [-0.2, -0.15) is 5.26 Å². The molecular weight excluding hydrogens is 890 g/mol. The normalized spacial score (nSPS) is 27.6. The first-order chi connectivity index (χ1) is 28.8. The second kappa shape index (κ2) is 19.7. The Labute approximate surface area is 363 Å². The maximum Gasteiger partial charge on any atom is 0.695 e. The van der Waals surface area contributed by atoms with Crippen molar-refractivity contribution in [3.63, 3.8) is 0 Å². The molecule has 336 valence electrons. The van der Waals surface area contributed by atoms with Crippen LogP contribution in [0, 0.1) is 23.1 Å². The molecule has 3 aromatic heterocycles. The summed E-state index contributed by atoms with van der Waals surface area (Å²) in [6.07, 6.45) is 0.425. The molecule has 0 amide bonds. The molecule has 1 aliphatic carbocycles. The van der Waals surface area contributed by atoms with Crippen LogP contribution in [0.25, 0.3) is 11.0 Å². The highest BCUT2D eigenvalue weighted by atomic mass is 32.5. The maximum atomic E-state index is 15.9. The topological polar surface area (TPSA) is 210 Å². The number of aryl methyl sites for hydroxylation is 1. The molecule has 0 bridgehead atoms. The Kier molecular flexibility index (Phi) is 15.5. The molecule has 1 N–H and O–H groups in total. The highest BCUT2D eigenvalue weighted by molar-refractivity contribution is 8.07. The molecule has 3 fully saturated rings. The van der Waals surface area contributed by atoms with Crippen LogP contribution in [0.15, 0.2) is 35.9 Å². The third-order valence-corrected chi connectivity index (χ3v) is 24.6. The molecule has 6 rings (SSSR count). The lowest BCUT2D eigenvalue weighted by atomic mass is 10.1. The molecule has 3 aliphatic rings. The van der Waals surface area contributed by atoms with Crippen molar-refractivity contribution in [1.82, 2.24) is 24.1 Å². The maximum absolute atomic E-state index is 15.9. The molecule has 9 atom stereocenters. The van der Waals surface area contributed by atoms with Gasteiger partial charge in [-0.05, 0) is 40.4 Å². The van der Waals surface area contributed by atoms with Gasteiger partial charge in [0.1, 0.15) is 42.2 Å². The first-order valence-corrected chi connectivity index (χ1v) is 28.1. The third-order valence-electron chi connectivity index (χ3n) is 11.6. The molecule has 24 heteroatoms. The number of fused-ring (bicyclic) bond motifs is 2. The van der Waals surface area contributed by atoms with Crippen molar-refractivity contribution in [1.29, 1.82) is 5.26 Å². The summed E-state index contributed by atoms with van der Waals surface area (Å²) in [6.45, 7) is 12.5. The Bertz CT molecular complexity index is 2150. The lowest BCUT2D eigenvalue weighted by Gasteiger charge is -2.51. The predicted molar refractivity (Wildman–Crippen MR) is 228 cm³/mol. The quantitative estimate of drug-likeness (QED) is 0.0823. The summed E-state index contributed by atoms with van der Waals surface area (Å²) in [6, 6.07) is 3.65. The molecule has 3 aromatic rings.